The number of aliphatic imine (C=N–C) groups is 1. The van der Waals surface area contributed by atoms with Gasteiger partial charge in [-0.05, 0) is 19.3 Å². The largest absolute Gasteiger partial charge is 0.305 e. The highest BCUT2D eigenvalue weighted by molar-refractivity contribution is 7.10. The van der Waals surface area contributed by atoms with Crippen LogP contribution in [0.15, 0.2) is 45.6 Å². The van der Waals surface area contributed by atoms with Crippen LogP contribution in [0.1, 0.15) is 41.2 Å². The number of nitrogens with one attached hydrogen (secondary N) is 1. The molecule has 7 heteroatoms. The van der Waals surface area contributed by atoms with Gasteiger partial charge in [0.05, 0.1) is 28.2 Å². The van der Waals surface area contributed by atoms with E-state index in [9.17, 15) is 4.79 Å². The molecule has 2 aliphatic rings. The van der Waals surface area contributed by atoms with E-state index in [1.807, 2.05) is 23.7 Å². The van der Waals surface area contributed by atoms with Gasteiger partial charge in [-0.2, -0.15) is 0 Å². The predicted molar refractivity (Wildman–Crippen MR) is 115 cm³/mol. The van der Waals surface area contributed by atoms with Crippen molar-refractivity contribution in [1.82, 2.24) is 19.9 Å². The van der Waals surface area contributed by atoms with E-state index in [0.717, 1.165) is 73.5 Å². The van der Waals surface area contributed by atoms with Crippen molar-refractivity contribution in [3.63, 3.8) is 0 Å². The van der Waals surface area contributed by atoms with Crippen LogP contribution in [0.2, 0.25) is 0 Å². The molecular weight excluding hydrogens is 382 g/mol. The number of aromatic amines is 1. The maximum atomic E-state index is 12.8. The van der Waals surface area contributed by atoms with Crippen LogP contribution >= 0.6 is 11.3 Å². The van der Waals surface area contributed by atoms with E-state index in [1.54, 1.807) is 11.3 Å². The number of hydrogen-bond acceptors (Lipinski definition) is 6. The van der Waals surface area contributed by atoms with Crippen molar-refractivity contribution in [2.45, 2.75) is 38.8 Å². The smallest absolute Gasteiger partial charge is 0.255 e. The van der Waals surface area contributed by atoms with E-state index in [4.69, 9.17) is 4.98 Å². The van der Waals surface area contributed by atoms with Crippen LogP contribution in [0.4, 0.5) is 0 Å². The van der Waals surface area contributed by atoms with E-state index < -0.39 is 0 Å². The fourth-order valence-electron chi connectivity index (χ4n) is 4.06. The maximum absolute atomic E-state index is 12.8. The van der Waals surface area contributed by atoms with E-state index in [1.165, 1.54) is 4.88 Å². The Labute approximate surface area is 173 Å². The zero-order valence-electron chi connectivity index (χ0n) is 16.2. The molecule has 0 radical (unpaired) electrons. The van der Waals surface area contributed by atoms with Crippen LogP contribution in [0.3, 0.4) is 0 Å². The van der Waals surface area contributed by atoms with Crippen molar-refractivity contribution in [2.75, 3.05) is 13.1 Å². The molecule has 0 saturated heterocycles. The summed E-state index contributed by atoms with van der Waals surface area (Å²) in [6.45, 7) is 3.14. The highest BCUT2D eigenvalue weighted by Crippen LogP contribution is 2.28. The molecule has 3 aromatic rings. The number of nitrogens with zero attached hydrogens (tertiary/aromatic N) is 4. The van der Waals surface area contributed by atoms with Gasteiger partial charge in [0.15, 0.2) is 5.82 Å². The SMILES string of the molecule is O=c1[nH]c(C2=NCCCC2)nc2c1CN(Cc1scnc1-c1ccccc1)CC2. The minimum atomic E-state index is -0.0180. The standard InChI is InChI=1S/C22H23N5OS/c28-22-16-12-27(13-19-20(24-14-29-19)15-6-2-1-3-7-15)11-9-17(16)25-21(26-22)18-8-4-5-10-23-18/h1-3,6-7,14H,4-5,8-13H2,(H,25,26,28). The molecule has 2 aromatic heterocycles. The molecule has 4 heterocycles. The summed E-state index contributed by atoms with van der Waals surface area (Å²) in [6.07, 6.45) is 3.93. The van der Waals surface area contributed by atoms with Crippen LogP contribution in [-0.4, -0.2) is 38.7 Å². The van der Waals surface area contributed by atoms with Gasteiger partial charge in [0.2, 0.25) is 0 Å². The summed E-state index contributed by atoms with van der Waals surface area (Å²) in [5.74, 6) is 0.677. The summed E-state index contributed by atoms with van der Waals surface area (Å²) in [6, 6.07) is 10.3. The Morgan fingerprint density at radius 3 is 2.86 bits per heavy atom. The van der Waals surface area contributed by atoms with E-state index in [0.29, 0.717) is 12.4 Å². The molecule has 6 nitrogen and oxygen atoms in total. The molecule has 0 spiro atoms. The van der Waals surface area contributed by atoms with Gasteiger partial charge in [-0.1, -0.05) is 30.3 Å². The molecule has 29 heavy (non-hydrogen) atoms. The molecule has 1 N–H and O–H groups in total. The van der Waals surface area contributed by atoms with Crippen LogP contribution < -0.4 is 5.56 Å². The van der Waals surface area contributed by atoms with Crippen LogP contribution in [0.25, 0.3) is 11.3 Å². The first-order chi connectivity index (χ1) is 14.3. The molecule has 0 amide bonds. The average Bonchev–Trinajstić information content (AvgIpc) is 3.23. The molecular formula is C22H23N5OS. The molecule has 0 fully saturated rings. The molecule has 0 saturated carbocycles. The summed E-state index contributed by atoms with van der Waals surface area (Å²) in [5, 5.41) is 0. The van der Waals surface area contributed by atoms with E-state index in [-0.39, 0.29) is 5.56 Å². The number of aromatic nitrogens is 3. The van der Waals surface area contributed by atoms with Gasteiger partial charge < -0.3 is 4.98 Å². The zero-order chi connectivity index (χ0) is 19.6. The van der Waals surface area contributed by atoms with E-state index >= 15 is 0 Å². The third kappa shape index (κ3) is 3.80. The van der Waals surface area contributed by atoms with Gasteiger partial charge in [0, 0.05) is 43.0 Å². The number of rotatable bonds is 4. The van der Waals surface area contributed by atoms with Gasteiger partial charge in [0.25, 0.3) is 5.56 Å². The van der Waals surface area contributed by atoms with Crippen molar-refractivity contribution in [3.05, 3.63) is 68.2 Å². The normalized spacial score (nSPS) is 17.0. The lowest BCUT2D eigenvalue weighted by Gasteiger charge is -2.27. The predicted octanol–water partition coefficient (Wildman–Crippen LogP) is 3.42. The fraction of sp³-hybridized carbons (Fsp3) is 0.364. The van der Waals surface area contributed by atoms with Crippen LogP contribution in [0, 0.1) is 0 Å². The maximum Gasteiger partial charge on any atom is 0.255 e. The van der Waals surface area contributed by atoms with Gasteiger partial charge in [-0.25, -0.2) is 9.97 Å². The van der Waals surface area contributed by atoms with E-state index in [2.05, 4.69) is 32.0 Å². The first kappa shape index (κ1) is 18.4. The van der Waals surface area contributed by atoms with Crippen molar-refractivity contribution in [2.24, 2.45) is 4.99 Å². The molecule has 0 aliphatic carbocycles. The molecule has 5 rings (SSSR count). The Morgan fingerprint density at radius 1 is 1.14 bits per heavy atom. The Morgan fingerprint density at radius 2 is 2.03 bits per heavy atom. The molecule has 0 unspecified atom stereocenters. The van der Waals surface area contributed by atoms with Crippen molar-refractivity contribution >= 4 is 17.0 Å². The zero-order valence-corrected chi connectivity index (χ0v) is 17.0. The quantitative estimate of drug-likeness (QED) is 0.722. The monoisotopic (exact) mass is 405 g/mol. The summed E-state index contributed by atoms with van der Waals surface area (Å²) >= 11 is 1.67. The summed E-state index contributed by atoms with van der Waals surface area (Å²) in [4.78, 5) is 33.2. The van der Waals surface area contributed by atoms with Crippen LogP contribution in [0.5, 0.6) is 0 Å². The number of thiazole rings is 1. The Kier molecular flexibility index (Phi) is 5.08. The second kappa shape index (κ2) is 8.00. The third-order valence-electron chi connectivity index (χ3n) is 5.60. The lowest BCUT2D eigenvalue weighted by Crippen LogP contribution is -2.36. The summed E-state index contributed by atoms with van der Waals surface area (Å²) in [5.41, 5.74) is 6.74. The number of hydrogen-bond donors (Lipinski definition) is 1. The van der Waals surface area contributed by atoms with Crippen molar-refractivity contribution in [3.8, 4) is 11.3 Å². The molecule has 1 aromatic carbocycles. The second-order valence-corrected chi connectivity index (χ2v) is 8.52. The Balaban J connectivity index is 1.37. The van der Waals surface area contributed by atoms with Gasteiger partial charge in [-0.15, -0.1) is 11.3 Å². The summed E-state index contributed by atoms with van der Waals surface area (Å²) < 4.78 is 0. The average molecular weight is 406 g/mol. The first-order valence-electron chi connectivity index (χ1n) is 10.1. The lowest BCUT2D eigenvalue weighted by molar-refractivity contribution is 0.244. The van der Waals surface area contributed by atoms with Gasteiger partial charge in [0.1, 0.15) is 0 Å². The molecule has 0 atom stereocenters. The van der Waals surface area contributed by atoms with Crippen LogP contribution in [-0.2, 0) is 19.5 Å². The Bertz CT molecular complexity index is 1100. The topological polar surface area (TPSA) is 74.2 Å². The third-order valence-corrected chi connectivity index (χ3v) is 6.42. The number of benzene rings is 1. The Hall–Kier alpha value is -2.64. The fourth-order valence-corrected chi connectivity index (χ4v) is 4.89. The number of fused-ring (bicyclic) bond motifs is 1. The molecule has 2 aliphatic heterocycles. The van der Waals surface area contributed by atoms with Crippen molar-refractivity contribution < 1.29 is 0 Å². The minimum absolute atomic E-state index is 0.0180. The molecule has 148 valence electrons. The van der Waals surface area contributed by atoms with Gasteiger partial charge >= 0.3 is 0 Å². The van der Waals surface area contributed by atoms with Crippen molar-refractivity contribution in [1.29, 1.82) is 0 Å². The molecule has 0 bridgehead atoms. The highest BCUT2D eigenvalue weighted by Gasteiger charge is 2.24. The second-order valence-electron chi connectivity index (χ2n) is 7.58. The lowest BCUT2D eigenvalue weighted by atomic mass is 10.0. The number of H-pyrrole nitrogens is 1. The first-order valence-corrected chi connectivity index (χ1v) is 11.0. The summed E-state index contributed by atoms with van der Waals surface area (Å²) in [7, 11) is 0. The highest BCUT2D eigenvalue weighted by atomic mass is 32.1. The van der Waals surface area contributed by atoms with Gasteiger partial charge in [-0.3, -0.25) is 14.7 Å². The minimum Gasteiger partial charge on any atom is -0.305 e.